The van der Waals surface area contributed by atoms with Crippen molar-refractivity contribution in [2.24, 2.45) is 7.05 Å². The van der Waals surface area contributed by atoms with Crippen molar-refractivity contribution in [1.29, 1.82) is 0 Å². The summed E-state index contributed by atoms with van der Waals surface area (Å²) in [5.74, 6) is 0. The number of nitrogens with one attached hydrogen (secondary N) is 1. The molecule has 0 aliphatic carbocycles. The topological polar surface area (TPSA) is 103 Å². The lowest BCUT2D eigenvalue weighted by molar-refractivity contribution is -0.0978. The van der Waals surface area contributed by atoms with Crippen LogP contribution >= 0.6 is 0 Å². The SMILES string of the molecule is CNCC(OC)OC.Cn1cc(S(=O)(=O)O)cn1. The summed E-state index contributed by atoms with van der Waals surface area (Å²) in [6.45, 7) is 0.729. The minimum Gasteiger partial charge on any atom is -0.355 e. The predicted octanol–water partition coefficient (Wildman–Crippen LogP) is -0.508. The fourth-order valence-corrected chi connectivity index (χ4v) is 1.43. The van der Waals surface area contributed by atoms with Gasteiger partial charge in [0.25, 0.3) is 10.1 Å². The van der Waals surface area contributed by atoms with Crippen LogP contribution in [0.15, 0.2) is 17.3 Å². The van der Waals surface area contributed by atoms with Gasteiger partial charge in [-0.2, -0.15) is 13.5 Å². The molecule has 0 unspecified atom stereocenters. The molecule has 0 amide bonds. The second-order valence-electron chi connectivity index (χ2n) is 3.28. The zero-order chi connectivity index (χ0) is 14.2. The first-order valence-electron chi connectivity index (χ1n) is 5.01. The number of hydrogen-bond acceptors (Lipinski definition) is 6. The average Bonchev–Trinajstić information content (AvgIpc) is 2.73. The Balaban J connectivity index is 0.000000331. The number of likely N-dealkylation sites (N-methyl/N-ethyl adjacent to an activating group) is 1. The van der Waals surface area contributed by atoms with Crippen molar-refractivity contribution in [2.75, 3.05) is 27.8 Å². The Morgan fingerprint density at radius 3 is 2.22 bits per heavy atom. The molecule has 18 heavy (non-hydrogen) atoms. The number of methoxy groups -OCH3 is 2. The summed E-state index contributed by atoms with van der Waals surface area (Å²) >= 11 is 0. The van der Waals surface area contributed by atoms with Crippen LogP contribution < -0.4 is 5.32 Å². The quantitative estimate of drug-likeness (QED) is 0.553. The summed E-state index contributed by atoms with van der Waals surface area (Å²) in [5, 5.41) is 6.48. The summed E-state index contributed by atoms with van der Waals surface area (Å²) in [6.07, 6.45) is 2.19. The van der Waals surface area contributed by atoms with Crippen molar-refractivity contribution in [1.82, 2.24) is 15.1 Å². The molecule has 0 bridgehead atoms. The standard InChI is InChI=1S/C5H13NO2.C4H6N2O3S/c1-6-4-5(7-2)8-3;1-6-3-4(2-5-6)10(7,8)9/h5-6H,4H2,1-3H3;2-3H,1H3,(H,7,8,9). The highest BCUT2D eigenvalue weighted by Crippen LogP contribution is 2.03. The maximum atomic E-state index is 10.3. The van der Waals surface area contributed by atoms with E-state index >= 15 is 0 Å². The third-order valence-corrected chi connectivity index (χ3v) is 2.68. The first-order valence-corrected chi connectivity index (χ1v) is 6.45. The highest BCUT2D eigenvalue weighted by molar-refractivity contribution is 7.85. The maximum absolute atomic E-state index is 10.3. The number of nitrogens with zero attached hydrogens (tertiary/aromatic N) is 2. The van der Waals surface area contributed by atoms with E-state index in [1.165, 1.54) is 10.9 Å². The maximum Gasteiger partial charge on any atom is 0.297 e. The molecule has 0 spiro atoms. The number of rotatable bonds is 5. The Labute approximate surface area is 107 Å². The number of ether oxygens (including phenoxy) is 2. The minimum atomic E-state index is -4.07. The van der Waals surface area contributed by atoms with Gasteiger partial charge >= 0.3 is 0 Å². The van der Waals surface area contributed by atoms with Gasteiger partial charge in [0.1, 0.15) is 4.90 Å². The van der Waals surface area contributed by atoms with E-state index in [1.54, 1.807) is 21.3 Å². The van der Waals surface area contributed by atoms with Gasteiger partial charge in [0.05, 0.1) is 6.20 Å². The number of aryl methyl sites for hydroxylation is 1. The molecular formula is C9H19N3O5S. The van der Waals surface area contributed by atoms with Crippen LogP contribution in [0.2, 0.25) is 0 Å². The van der Waals surface area contributed by atoms with Gasteiger partial charge in [0.15, 0.2) is 6.29 Å². The Kier molecular flexibility index (Phi) is 7.71. The van der Waals surface area contributed by atoms with Gasteiger partial charge in [-0.15, -0.1) is 0 Å². The molecule has 0 saturated carbocycles. The van der Waals surface area contributed by atoms with E-state index in [9.17, 15) is 8.42 Å². The Morgan fingerprint density at radius 2 is 2.06 bits per heavy atom. The van der Waals surface area contributed by atoms with Crippen molar-refractivity contribution in [3.8, 4) is 0 Å². The summed E-state index contributed by atoms with van der Waals surface area (Å²) in [4.78, 5) is -0.185. The van der Waals surface area contributed by atoms with E-state index in [-0.39, 0.29) is 11.2 Å². The van der Waals surface area contributed by atoms with Crippen molar-refractivity contribution in [3.63, 3.8) is 0 Å². The van der Waals surface area contributed by atoms with Gasteiger partial charge in [0.2, 0.25) is 0 Å². The third kappa shape index (κ3) is 6.67. The van der Waals surface area contributed by atoms with E-state index < -0.39 is 10.1 Å². The smallest absolute Gasteiger partial charge is 0.297 e. The summed E-state index contributed by atoms with van der Waals surface area (Å²) in [7, 11) is 2.58. The molecule has 0 saturated heterocycles. The van der Waals surface area contributed by atoms with Crippen LogP contribution in [-0.2, 0) is 26.6 Å². The van der Waals surface area contributed by atoms with Gasteiger partial charge < -0.3 is 14.8 Å². The molecule has 0 fully saturated rings. The van der Waals surface area contributed by atoms with Crippen molar-refractivity contribution in [2.45, 2.75) is 11.2 Å². The largest absolute Gasteiger partial charge is 0.355 e. The normalized spacial score (nSPS) is 11.2. The molecule has 106 valence electrons. The highest BCUT2D eigenvalue weighted by Gasteiger charge is 2.10. The van der Waals surface area contributed by atoms with Crippen molar-refractivity contribution < 1.29 is 22.4 Å². The molecule has 0 atom stereocenters. The molecule has 8 nitrogen and oxygen atoms in total. The van der Waals surface area contributed by atoms with E-state index in [2.05, 4.69) is 10.4 Å². The van der Waals surface area contributed by atoms with Crippen LogP contribution in [0.4, 0.5) is 0 Å². The second kappa shape index (κ2) is 8.16. The lowest BCUT2D eigenvalue weighted by atomic mass is 10.6. The first kappa shape index (κ1) is 17.0. The van der Waals surface area contributed by atoms with Crippen LogP contribution in [0, 0.1) is 0 Å². The number of aromatic nitrogens is 2. The van der Waals surface area contributed by atoms with Gasteiger partial charge in [-0.1, -0.05) is 0 Å². The van der Waals surface area contributed by atoms with Crippen LogP contribution in [0.1, 0.15) is 0 Å². The van der Waals surface area contributed by atoms with E-state index in [1.807, 2.05) is 7.05 Å². The van der Waals surface area contributed by atoms with E-state index in [0.29, 0.717) is 0 Å². The summed E-state index contributed by atoms with van der Waals surface area (Å²) in [5.41, 5.74) is 0. The van der Waals surface area contributed by atoms with Gasteiger partial charge in [-0.3, -0.25) is 9.23 Å². The summed E-state index contributed by atoms with van der Waals surface area (Å²) < 4.78 is 40.1. The van der Waals surface area contributed by atoms with Crippen LogP contribution in [-0.4, -0.2) is 56.9 Å². The molecule has 9 heteroatoms. The highest BCUT2D eigenvalue weighted by atomic mass is 32.2. The molecule has 0 aliphatic rings. The molecule has 2 N–H and O–H groups in total. The lowest BCUT2D eigenvalue weighted by Crippen LogP contribution is -2.26. The first-order chi connectivity index (χ1) is 8.35. The van der Waals surface area contributed by atoms with Crippen LogP contribution in [0.25, 0.3) is 0 Å². The fraction of sp³-hybridized carbons (Fsp3) is 0.667. The molecule has 1 aromatic rings. The molecule has 0 aliphatic heterocycles. The third-order valence-electron chi connectivity index (χ3n) is 1.88. The van der Waals surface area contributed by atoms with Crippen LogP contribution in [0.5, 0.6) is 0 Å². The zero-order valence-electron chi connectivity index (χ0n) is 10.8. The molecule has 1 aromatic heterocycles. The second-order valence-corrected chi connectivity index (χ2v) is 4.70. The lowest BCUT2D eigenvalue weighted by Gasteiger charge is -2.11. The minimum absolute atomic E-state index is 0.111. The molecule has 0 aromatic carbocycles. The molecule has 0 radical (unpaired) electrons. The van der Waals surface area contributed by atoms with Gasteiger partial charge in [-0.05, 0) is 7.05 Å². The Hall–Kier alpha value is -1.00. The Bertz CT molecular complexity index is 427. The molecule has 1 heterocycles. The van der Waals surface area contributed by atoms with Crippen molar-refractivity contribution >= 4 is 10.1 Å². The van der Waals surface area contributed by atoms with E-state index in [4.69, 9.17) is 14.0 Å². The number of hydrogen-bond donors (Lipinski definition) is 2. The zero-order valence-corrected chi connectivity index (χ0v) is 11.6. The Morgan fingerprint density at radius 1 is 1.50 bits per heavy atom. The average molecular weight is 281 g/mol. The van der Waals surface area contributed by atoms with E-state index in [0.717, 1.165) is 12.7 Å². The fourth-order valence-electron chi connectivity index (χ4n) is 0.962. The van der Waals surface area contributed by atoms with Gasteiger partial charge in [0, 0.05) is 34.0 Å². The molecule has 1 rings (SSSR count). The summed E-state index contributed by atoms with van der Waals surface area (Å²) in [6, 6.07) is 0. The molecular weight excluding hydrogens is 262 g/mol. The van der Waals surface area contributed by atoms with Crippen LogP contribution in [0.3, 0.4) is 0 Å². The monoisotopic (exact) mass is 281 g/mol. The van der Waals surface area contributed by atoms with Crippen molar-refractivity contribution in [3.05, 3.63) is 12.4 Å². The van der Waals surface area contributed by atoms with Gasteiger partial charge in [-0.25, -0.2) is 0 Å². The predicted molar refractivity (Wildman–Crippen MR) is 64.8 cm³/mol.